The average molecular weight is 229 g/mol. The molecule has 0 radical (unpaired) electrons. The number of hydrogen-bond donors (Lipinski definition) is 3. The molecular weight excluding hydrogens is 210 g/mol. The highest BCUT2D eigenvalue weighted by Gasteiger charge is 2.20. The first-order chi connectivity index (χ1) is 7.34. The van der Waals surface area contributed by atoms with Crippen molar-refractivity contribution in [3.05, 3.63) is 0 Å². The maximum Gasteiger partial charge on any atom is 0.315 e. The Kier molecular flexibility index (Phi) is 4.14. The molecule has 0 aliphatic carbocycles. The Morgan fingerprint density at radius 2 is 2.20 bits per heavy atom. The molecule has 0 saturated carbocycles. The number of amides is 2. The smallest absolute Gasteiger partial charge is 0.315 e. The van der Waals surface area contributed by atoms with Crippen molar-refractivity contribution in [1.82, 2.24) is 16.0 Å². The van der Waals surface area contributed by atoms with Crippen LogP contribution >= 0.6 is 11.8 Å². The largest absolute Gasteiger partial charge is 0.334 e. The highest BCUT2D eigenvalue weighted by molar-refractivity contribution is 8.00. The van der Waals surface area contributed by atoms with Crippen molar-refractivity contribution in [2.24, 2.45) is 0 Å². The second kappa shape index (κ2) is 5.61. The SMILES string of the molecule is O=C(NC1CCCNC1)NC1CCCS1. The van der Waals surface area contributed by atoms with Gasteiger partial charge >= 0.3 is 6.03 Å². The number of urea groups is 1. The molecule has 3 N–H and O–H groups in total. The van der Waals surface area contributed by atoms with Gasteiger partial charge < -0.3 is 16.0 Å². The molecular formula is C10H19N3OS. The molecule has 2 heterocycles. The molecule has 2 rings (SSSR count). The summed E-state index contributed by atoms with van der Waals surface area (Å²) in [4.78, 5) is 11.6. The summed E-state index contributed by atoms with van der Waals surface area (Å²) in [6.45, 7) is 1.99. The van der Waals surface area contributed by atoms with Gasteiger partial charge in [-0.05, 0) is 38.0 Å². The minimum atomic E-state index is 0.00287. The maximum atomic E-state index is 11.6. The Morgan fingerprint density at radius 1 is 1.27 bits per heavy atom. The molecule has 0 bridgehead atoms. The molecule has 0 aromatic rings. The van der Waals surface area contributed by atoms with Crippen LogP contribution in [0.25, 0.3) is 0 Å². The monoisotopic (exact) mass is 229 g/mol. The molecule has 2 amide bonds. The fourth-order valence-electron chi connectivity index (χ4n) is 2.04. The van der Waals surface area contributed by atoms with Crippen LogP contribution in [0.1, 0.15) is 25.7 Å². The summed E-state index contributed by atoms with van der Waals surface area (Å²) >= 11 is 1.85. The van der Waals surface area contributed by atoms with E-state index in [4.69, 9.17) is 0 Å². The zero-order chi connectivity index (χ0) is 10.5. The van der Waals surface area contributed by atoms with E-state index in [1.807, 2.05) is 11.8 Å². The third-order valence-corrected chi connectivity index (χ3v) is 4.13. The van der Waals surface area contributed by atoms with Crippen LogP contribution in [0.5, 0.6) is 0 Å². The van der Waals surface area contributed by atoms with E-state index in [0.29, 0.717) is 11.4 Å². The summed E-state index contributed by atoms with van der Waals surface area (Å²) in [6.07, 6.45) is 4.59. The highest BCUT2D eigenvalue weighted by atomic mass is 32.2. The molecule has 2 atom stereocenters. The quantitative estimate of drug-likeness (QED) is 0.659. The molecule has 0 spiro atoms. The van der Waals surface area contributed by atoms with Crippen molar-refractivity contribution in [2.75, 3.05) is 18.8 Å². The molecule has 2 aliphatic rings. The molecule has 4 nitrogen and oxygen atoms in total. The van der Waals surface area contributed by atoms with E-state index in [1.165, 1.54) is 12.2 Å². The summed E-state index contributed by atoms with van der Waals surface area (Å²) in [5.74, 6) is 1.18. The topological polar surface area (TPSA) is 53.2 Å². The number of carbonyl (C=O) groups excluding carboxylic acids is 1. The Labute approximate surface area is 94.9 Å². The van der Waals surface area contributed by atoms with E-state index in [-0.39, 0.29) is 6.03 Å². The van der Waals surface area contributed by atoms with Gasteiger partial charge in [0.2, 0.25) is 0 Å². The summed E-state index contributed by atoms with van der Waals surface area (Å²) in [6, 6.07) is 0.313. The van der Waals surface area contributed by atoms with E-state index in [9.17, 15) is 4.79 Å². The van der Waals surface area contributed by atoms with Crippen LogP contribution in [0.15, 0.2) is 0 Å². The normalized spacial score (nSPS) is 31.2. The van der Waals surface area contributed by atoms with E-state index in [2.05, 4.69) is 16.0 Å². The van der Waals surface area contributed by atoms with Gasteiger partial charge in [0.1, 0.15) is 0 Å². The number of piperidine rings is 1. The first-order valence-corrected chi connectivity index (χ1v) is 6.79. The standard InChI is InChI=1S/C10H19N3OS/c14-10(13-9-4-2-6-15-9)12-8-3-1-5-11-7-8/h8-9,11H,1-7H2,(H2,12,13,14). The Morgan fingerprint density at radius 3 is 2.87 bits per heavy atom. The lowest BCUT2D eigenvalue weighted by molar-refractivity contribution is 0.233. The lowest BCUT2D eigenvalue weighted by atomic mass is 10.1. The van der Waals surface area contributed by atoms with Crippen molar-refractivity contribution >= 4 is 17.8 Å². The van der Waals surface area contributed by atoms with Crippen LogP contribution in [-0.2, 0) is 0 Å². The van der Waals surface area contributed by atoms with Crippen molar-refractivity contribution in [3.8, 4) is 0 Å². The van der Waals surface area contributed by atoms with Crippen LogP contribution in [0.2, 0.25) is 0 Å². The Balaban J connectivity index is 1.66. The molecule has 5 heteroatoms. The van der Waals surface area contributed by atoms with Crippen LogP contribution < -0.4 is 16.0 Å². The third kappa shape index (κ3) is 3.57. The first kappa shape index (κ1) is 11.1. The predicted molar refractivity (Wildman–Crippen MR) is 63.0 cm³/mol. The van der Waals surface area contributed by atoms with E-state index in [1.54, 1.807) is 0 Å². The van der Waals surface area contributed by atoms with Gasteiger partial charge in [0.05, 0.1) is 5.37 Å². The van der Waals surface area contributed by atoms with Gasteiger partial charge in [0.25, 0.3) is 0 Å². The summed E-state index contributed by atoms with van der Waals surface area (Å²) in [5.41, 5.74) is 0. The molecule has 15 heavy (non-hydrogen) atoms. The fraction of sp³-hybridized carbons (Fsp3) is 0.900. The summed E-state index contributed by atoms with van der Waals surface area (Å²) in [5, 5.41) is 9.65. The summed E-state index contributed by atoms with van der Waals surface area (Å²) < 4.78 is 0. The van der Waals surface area contributed by atoms with Crippen LogP contribution in [0.4, 0.5) is 4.79 Å². The van der Waals surface area contributed by atoms with Gasteiger partial charge in [-0.1, -0.05) is 0 Å². The van der Waals surface area contributed by atoms with Crippen LogP contribution in [-0.4, -0.2) is 36.3 Å². The van der Waals surface area contributed by atoms with Gasteiger partial charge in [-0.3, -0.25) is 0 Å². The number of hydrogen-bond acceptors (Lipinski definition) is 3. The van der Waals surface area contributed by atoms with E-state index < -0.39 is 0 Å². The number of rotatable bonds is 2. The fourth-order valence-corrected chi connectivity index (χ4v) is 3.18. The minimum Gasteiger partial charge on any atom is -0.334 e. The molecule has 2 unspecified atom stereocenters. The minimum absolute atomic E-state index is 0.00287. The number of carbonyl (C=O) groups is 1. The van der Waals surface area contributed by atoms with Crippen LogP contribution in [0, 0.1) is 0 Å². The maximum absolute atomic E-state index is 11.6. The van der Waals surface area contributed by atoms with Crippen LogP contribution in [0.3, 0.4) is 0 Å². The molecule has 2 aliphatic heterocycles. The lowest BCUT2D eigenvalue weighted by Gasteiger charge is -2.24. The van der Waals surface area contributed by atoms with Crippen molar-refractivity contribution < 1.29 is 4.79 Å². The van der Waals surface area contributed by atoms with Gasteiger partial charge in [-0.2, -0.15) is 0 Å². The van der Waals surface area contributed by atoms with E-state index >= 15 is 0 Å². The molecule has 86 valence electrons. The second-order valence-corrected chi connectivity index (χ2v) is 5.47. The Hall–Kier alpha value is -0.420. The van der Waals surface area contributed by atoms with Gasteiger partial charge in [0, 0.05) is 12.6 Å². The molecule has 2 fully saturated rings. The second-order valence-electron chi connectivity index (χ2n) is 4.16. The predicted octanol–water partition coefficient (Wildman–Crippen LogP) is 0.891. The van der Waals surface area contributed by atoms with Crippen molar-refractivity contribution in [1.29, 1.82) is 0 Å². The first-order valence-electron chi connectivity index (χ1n) is 5.74. The zero-order valence-electron chi connectivity index (χ0n) is 8.92. The Bertz CT molecular complexity index is 213. The van der Waals surface area contributed by atoms with Gasteiger partial charge in [-0.15, -0.1) is 11.8 Å². The lowest BCUT2D eigenvalue weighted by Crippen LogP contribution is -2.50. The third-order valence-electron chi connectivity index (χ3n) is 2.85. The zero-order valence-corrected chi connectivity index (χ0v) is 9.74. The van der Waals surface area contributed by atoms with Crippen molar-refractivity contribution in [3.63, 3.8) is 0 Å². The van der Waals surface area contributed by atoms with Crippen molar-refractivity contribution in [2.45, 2.75) is 37.1 Å². The number of thioether (sulfide) groups is 1. The van der Waals surface area contributed by atoms with E-state index in [0.717, 1.165) is 32.4 Å². The van der Waals surface area contributed by atoms with Gasteiger partial charge in [0.15, 0.2) is 0 Å². The molecule has 0 aromatic heterocycles. The summed E-state index contributed by atoms with van der Waals surface area (Å²) in [7, 11) is 0. The highest BCUT2D eigenvalue weighted by Crippen LogP contribution is 2.23. The average Bonchev–Trinajstić information content (AvgIpc) is 2.71. The number of nitrogens with one attached hydrogen (secondary N) is 3. The van der Waals surface area contributed by atoms with Gasteiger partial charge in [-0.25, -0.2) is 4.79 Å². The molecule has 2 saturated heterocycles. The molecule has 0 aromatic carbocycles.